The lowest BCUT2D eigenvalue weighted by molar-refractivity contribution is -0.142. The molecule has 0 radical (unpaired) electrons. The van der Waals surface area contributed by atoms with Crippen LogP contribution >= 0.6 is 23.4 Å². The fourth-order valence-electron chi connectivity index (χ4n) is 2.42. The van der Waals surface area contributed by atoms with Gasteiger partial charge in [-0.3, -0.25) is 19.3 Å². The molecule has 7 heteroatoms. The number of hydrogen-bond donors (Lipinski definition) is 0. The summed E-state index contributed by atoms with van der Waals surface area (Å²) in [7, 11) is 0. The van der Waals surface area contributed by atoms with Gasteiger partial charge < -0.3 is 4.74 Å². The van der Waals surface area contributed by atoms with Crippen LogP contribution in [0.15, 0.2) is 24.3 Å². The minimum Gasteiger partial charge on any atom is -0.426 e. The second-order valence-electron chi connectivity index (χ2n) is 7.43. The van der Waals surface area contributed by atoms with E-state index in [1.54, 1.807) is 32.0 Å². The van der Waals surface area contributed by atoms with Crippen molar-refractivity contribution in [1.29, 1.82) is 0 Å². The van der Waals surface area contributed by atoms with E-state index in [2.05, 4.69) is 0 Å². The van der Waals surface area contributed by atoms with E-state index < -0.39 is 16.6 Å². The fraction of sp³-hybridized carbons (Fsp3) is 0.526. The van der Waals surface area contributed by atoms with Crippen LogP contribution in [-0.4, -0.2) is 39.7 Å². The molecule has 1 aromatic carbocycles. The average Bonchev–Trinajstić information content (AvgIpc) is 2.83. The van der Waals surface area contributed by atoms with Crippen molar-refractivity contribution < 1.29 is 19.1 Å². The number of halogens is 1. The van der Waals surface area contributed by atoms with Gasteiger partial charge in [-0.15, -0.1) is 11.6 Å². The summed E-state index contributed by atoms with van der Waals surface area (Å²) in [5.74, 6) is 0.148. The standard InChI is InChI=1S/C19H24ClNO4S/c1-12(2)10-21-16(22)15(26-18(21)24)9-13-7-5-6-8-14(13)25-17(23)19(3,4)11-20/h5-8,12,15H,9-11H2,1-4H3. The molecular formula is C19H24ClNO4S. The molecule has 0 spiro atoms. The van der Waals surface area contributed by atoms with Gasteiger partial charge in [0.05, 0.1) is 10.7 Å². The van der Waals surface area contributed by atoms with E-state index in [9.17, 15) is 14.4 Å². The van der Waals surface area contributed by atoms with Gasteiger partial charge in [0.2, 0.25) is 5.91 Å². The number of nitrogens with zero attached hydrogens (tertiary/aromatic N) is 1. The molecule has 1 atom stereocenters. The van der Waals surface area contributed by atoms with Crippen LogP contribution in [-0.2, 0) is 16.0 Å². The number of rotatable bonds is 7. The number of thioether (sulfide) groups is 1. The van der Waals surface area contributed by atoms with E-state index in [4.69, 9.17) is 16.3 Å². The Morgan fingerprint density at radius 3 is 2.58 bits per heavy atom. The van der Waals surface area contributed by atoms with Crippen LogP contribution in [0, 0.1) is 11.3 Å². The Kier molecular flexibility index (Phi) is 6.74. The number of benzene rings is 1. The van der Waals surface area contributed by atoms with E-state index in [0.717, 1.165) is 17.3 Å². The zero-order valence-corrected chi connectivity index (χ0v) is 17.0. The maximum absolute atomic E-state index is 12.6. The largest absolute Gasteiger partial charge is 0.426 e. The highest BCUT2D eigenvalue weighted by Crippen LogP contribution is 2.33. The summed E-state index contributed by atoms with van der Waals surface area (Å²) in [6.07, 6.45) is 0.328. The third kappa shape index (κ3) is 4.80. The molecule has 26 heavy (non-hydrogen) atoms. The highest BCUT2D eigenvalue weighted by molar-refractivity contribution is 8.15. The lowest BCUT2D eigenvalue weighted by Crippen LogP contribution is -2.35. The van der Waals surface area contributed by atoms with E-state index >= 15 is 0 Å². The van der Waals surface area contributed by atoms with Crippen molar-refractivity contribution in [3.63, 3.8) is 0 Å². The molecule has 1 fully saturated rings. The van der Waals surface area contributed by atoms with Crippen molar-refractivity contribution in [2.75, 3.05) is 12.4 Å². The Morgan fingerprint density at radius 1 is 1.31 bits per heavy atom. The van der Waals surface area contributed by atoms with Gasteiger partial charge in [-0.1, -0.05) is 43.8 Å². The number of ether oxygens (including phenoxy) is 1. The summed E-state index contributed by atoms with van der Waals surface area (Å²) in [4.78, 5) is 38.3. The lowest BCUT2D eigenvalue weighted by atomic mass is 9.97. The molecule has 0 aromatic heterocycles. The monoisotopic (exact) mass is 397 g/mol. The predicted octanol–water partition coefficient (Wildman–Crippen LogP) is 4.12. The quantitative estimate of drug-likeness (QED) is 0.393. The van der Waals surface area contributed by atoms with Crippen molar-refractivity contribution in [2.24, 2.45) is 11.3 Å². The minimum absolute atomic E-state index is 0.142. The van der Waals surface area contributed by atoms with Crippen LogP contribution < -0.4 is 4.74 Å². The Hall–Kier alpha value is -1.53. The summed E-state index contributed by atoms with van der Waals surface area (Å²) >= 11 is 6.86. The van der Waals surface area contributed by atoms with Crippen LogP contribution in [0.5, 0.6) is 5.75 Å². The summed E-state index contributed by atoms with van der Waals surface area (Å²) in [6.45, 7) is 7.77. The Balaban J connectivity index is 2.15. The second-order valence-corrected chi connectivity index (χ2v) is 8.86. The van der Waals surface area contributed by atoms with Crippen LogP contribution in [0.4, 0.5) is 4.79 Å². The van der Waals surface area contributed by atoms with Gasteiger partial charge >= 0.3 is 5.97 Å². The van der Waals surface area contributed by atoms with Crippen LogP contribution in [0.3, 0.4) is 0 Å². The number of para-hydroxylation sites is 1. The van der Waals surface area contributed by atoms with Gasteiger partial charge in [0.1, 0.15) is 5.75 Å². The molecule has 0 bridgehead atoms. The lowest BCUT2D eigenvalue weighted by Gasteiger charge is -2.20. The number of hydrogen-bond acceptors (Lipinski definition) is 5. The maximum Gasteiger partial charge on any atom is 0.318 e. The first-order valence-corrected chi connectivity index (χ1v) is 9.95. The number of amides is 2. The van der Waals surface area contributed by atoms with Gasteiger partial charge in [-0.25, -0.2) is 0 Å². The van der Waals surface area contributed by atoms with Crippen LogP contribution in [0.2, 0.25) is 0 Å². The molecule has 0 aliphatic carbocycles. The molecule has 0 saturated carbocycles. The molecule has 1 aromatic rings. The maximum atomic E-state index is 12.6. The molecule has 142 valence electrons. The fourth-order valence-corrected chi connectivity index (χ4v) is 3.56. The van der Waals surface area contributed by atoms with E-state index in [-0.39, 0.29) is 22.9 Å². The first-order valence-electron chi connectivity index (χ1n) is 8.54. The summed E-state index contributed by atoms with van der Waals surface area (Å²) in [5, 5.41) is -0.714. The molecule has 1 saturated heterocycles. The molecule has 0 N–H and O–H groups in total. The Morgan fingerprint density at radius 2 is 1.96 bits per heavy atom. The topological polar surface area (TPSA) is 63.7 Å². The van der Waals surface area contributed by atoms with Gasteiger partial charge in [0, 0.05) is 12.4 Å². The zero-order valence-electron chi connectivity index (χ0n) is 15.5. The molecule has 1 aliphatic heterocycles. The molecule has 1 unspecified atom stereocenters. The normalized spacial score (nSPS) is 17.9. The summed E-state index contributed by atoms with van der Waals surface area (Å²) < 4.78 is 5.52. The Bertz CT molecular complexity index is 705. The molecule has 1 heterocycles. The summed E-state index contributed by atoms with van der Waals surface area (Å²) in [6, 6.07) is 7.08. The highest BCUT2D eigenvalue weighted by atomic mass is 35.5. The number of carbonyl (C=O) groups excluding carboxylic acids is 3. The molecule has 5 nitrogen and oxygen atoms in total. The predicted molar refractivity (Wildman–Crippen MR) is 104 cm³/mol. The number of alkyl halides is 1. The minimum atomic E-state index is -0.809. The van der Waals surface area contributed by atoms with E-state index in [1.165, 1.54) is 4.90 Å². The van der Waals surface area contributed by atoms with Gasteiger partial charge in [-0.2, -0.15) is 0 Å². The highest BCUT2D eigenvalue weighted by Gasteiger charge is 2.40. The average molecular weight is 398 g/mol. The van der Waals surface area contributed by atoms with Crippen molar-refractivity contribution in [1.82, 2.24) is 4.90 Å². The smallest absolute Gasteiger partial charge is 0.318 e. The third-order valence-electron chi connectivity index (χ3n) is 4.02. The van der Waals surface area contributed by atoms with Gasteiger partial charge in [0.15, 0.2) is 0 Å². The van der Waals surface area contributed by atoms with Crippen molar-refractivity contribution in [2.45, 2.75) is 39.4 Å². The number of imide groups is 1. The summed E-state index contributed by atoms with van der Waals surface area (Å²) in [5.41, 5.74) is -0.0901. The molecule has 1 aliphatic rings. The van der Waals surface area contributed by atoms with Crippen molar-refractivity contribution in [3.05, 3.63) is 29.8 Å². The van der Waals surface area contributed by atoms with E-state index in [0.29, 0.717) is 18.7 Å². The van der Waals surface area contributed by atoms with Crippen LogP contribution in [0.25, 0.3) is 0 Å². The second kappa shape index (κ2) is 8.44. The first-order chi connectivity index (χ1) is 12.2. The molecule has 2 amide bonds. The molecule has 2 rings (SSSR count). The van der Waals surface area contributed by atoms with Crippen molar-refractivity contribution >= 4 is 40.5 Å². The SMILES string of the molecule is CC(C)CN1C(=O)SC(Cc2ccccc2OC(=O)C(C)(C)CCl)C1=O. The van der Waals surface area contributed by atoms with Crippen molar-refractivity contribution in [3.8, 4) is 5.75 Å². The van der Waals surface area contributed by atoms with Crippen LogP contribution in [0.1, 0.15) is 33.3 Å². The first kappa shape index (κ1) is 20.8. The molecular weight excluding hydrogens is 374 g/mol. The third-order valence-corrected chi connectivity index (χ3v) is 5.76. The number of carbonyl (C=O) groups is 3. The van der Waals surface area contributed by atoms with Gasteiger partial charge in [-0.05, 0) is 37.8 Å². The number of esters is 1. The Labute approximate surface area is 163 Å². The zero-order chi connectivity index (χ0) is 19.5. The van der Waals surface area contributed by atoms with Gasteiger partial charge in [0.25, 0.3) is 5.24 Å². The van der Waals surface area contributed by atoms with E-state index in [1.807, 2.05) is 19.9 Å².